The number of fused-ring (bicyclic) bond motifs is 4. The van der Waals surface area contributed by atoms with Gasteiger partial charge < -0.3 is 10.6 Å². The lowest BCUT2D eigenvalue weighted by Crippen LogP contribution is -2.65. The minimum Gasteiger partial charge on any atom is -0.310 e. The Morgan fingerprint density at radius 1 is 1.09 bits per heavy atom. The maximum atomic E-state index is 9.74. The zero-order valence-electron chi connectivity index (χ0n) is 38.5. The standard InChI is InChI=1S/C20H36N2/c1-19(2,3)14-8-11-20(12-9-14)18-16(10-13-21-20)15-6-4-5-7-17(15)22-18/h14-18,21-22H,4-13H2,1-3H3/i4D2,5D2,6D2,7D2,8D2,9D2,10D2,11D,12D2,13D2,14D,15D,16D,17D,18D/hD2. The average molecular weight is 331 g/mol. The van der Waals surface area contributed by atoms with Crippen LogP contribution in [0.1, 0.15) is 111 Å². The van der Waals surface area contributed by atoms with Crippen LogP contribution >= 0.6 is 0 Å². The maximum absolute atomic E-state index is 9.74. The fourth-order valence-electron chi connectivity index (χ4n) is 2.48. The molecule has 2 aliphatic heterocycles. The Hall–Kier alpha value is -0.0800. The fraction of sp³-hybridized carbons (Fsp3) is 1.00. The van der Waals surface area contributed by atoms with Gasteiger partial charge in [0, 0.05) is 50.5 Å². The first kappa shape index (κ1) is 3.70. The summed E-state index contributed by atoms with van der Waals surface area (Å²) in [6.45, 7) is -1.23. The van der Waals surface area contributed by atoms with E-state index in [1.807, 2.05) is 0 Å². The van der Waals surface area contributed by atoms with Crippen molar-refractivity contribution in [3.05, 3.63) is 0 Å². The summed E-state index contributed by atoms with van der Waals surface area (Å²) in [5, 5.41) is -1.92. The van der Waals surface area contributed by atoms with Crippen molar-refractivity contribution >= 4 is 0 Å². The molecule has 2 nitrogen and oxygen atoms in total. The van der Waals surface area contributed by atoms with Crippen LogP contribution < -0.4 is 10.6 Å². The topological polar surface area (TPSA) is 24.1 Å². The summed E-state index contributed by atoms with van der Waals surface area (Å²) in [6, 6.07) is -9.34. The zero-order chi connectivity index (χ0) is 38.7. The van der Waals surface area contributed by atoms with Crippen LogP contribution in [-0.2, 0) is 0 Å². The Morgan fingerprint density at radius 3 is 2.73 bits per heavy atom. The van der Waals surface area contributed by atoms with Crippen molar-refractivity contribution in [1.29, 1.82) is 0 Å². The third kappa shape index (κ3) is 2.45. The molecule has 0 radical (unpaired) electrons. The van der Waals surface area contributed by atoms with E-state index in [1.54, 1.807) is 0 Å². The van der Waals surface area contributed by atoms with Crippen LogP contribution in [0.2, 0.25) is 2.82 Å². The second-order valence-electron chi connectivity index (χ2n) is 6.34. The van der Waals surface area contributed by atoms with Crippen LogP contribution in [0.15, 0.2) is 0 Å². The van der Waals surface area contributed by atoms with Crippen LogP contribution in [-0.4, -0.2) is 24.1 Å². The summed E-state index contributed by atoms with van der Waals surface area (Å²) in [5.74, 6) is -13.0. The molecule has 22 heavy (non-hydrogen) atoms. The van der Waals surface area contributed by atoms with E-state index in [2.05, 4.69) is 0 Å². The predicted molar refractivity (Wildman–Crippen MR) is 92.9 cm³/mol. The SMILES string of the molecule is [2H]C1C([2H])([2H])C([2H])(C(C)(C)C)C([2H])([2H])C([2H])([2H])C12N([2H])C([2H])([2H])C([2H])([2H])C1([2H])C2([2H])N([2H])C2([2H])C([2H])([2H])C([2H])([2H])C([2H])([2H])C([2H])([2H])C21[2H]. The van der Waals surface area contributed by atoms with Gasteiger partial charge in [-0.05, 0) is 74.2 Å². The maximum Gasteiger partial charge on any atom is 0.123 e. The molecular formula is C20H36N2. The van der Waals surface area contributed by atoms with Gasteiger partial charge in [-0.3, -0.25) is 0 Å². The van der Waals surface area contributed by atoms with Crippen LogP contribution in [0, 0.1) is 23.1 Å². The second-order valence-corrected chi connectivity index (χ2v) is 6.34. The van der Waals surface area contributed by atoms with Gasteiger partial charge in [0.25, 0.3) is 0 Å². The molecule has 2 saturated carbocycles. The van der Waals surface area contributed by atoms with Crippen molar-refractivity contribution in [2.45, 2.75) is 95.7 Å². The number of hydrogen-bond donors (Lipinski definition) is 2. The lowest BCUT2D eigenvalue weighted by molar-refractivity contribution is 0.0549. The van der Waals surface area contributed by atoms with Gasteiger partial charge in [-0.1, -0.05) is 33.5 Å². The first-order chi connectivity index (χ1) is 20.5. The highest BCUT2D eigenvalue weighted by Crippen LogP contribution is 2.50. The van der Waals surface area contributed by atoms with E-state index in [0.29, 0.717) is 0 Å². The molecule has 4 fully saturated rings. The molecule has 1 spiro atoms. The number of piperidine rings is 1. The molecule has 4 rings (SSSR count). The number of rotatable bonds is 0. The third-order valence-corrected chi connectivity index (χ3v) is 3.71. The minimum absolute atomic E-state index is 0.921. The summed E-state index contributed by atoms with van der Waals surface area (Å²) in [7, 11) is 0. The van der Waals surface area contributed by atoms with Crippen LogP contribution in [0.5, 0.6) is 0 Å². The molecule has 126 valence electrons. The van der Waals surface area contributed by atoms with E-state index >= 15 is 0 Å². The van der Waals surface area contributed by atoms with E-state index in [1.165, 1.54) is 0 Å². The van der Waals surface area contributed by atoms with Crippen molar-refractivity contribution in [2.75, 3.05) is 6.50 Å². The molecule has 7 atom stereocenters. The molecule has 2 N–H and O–H groups in total. The van der Waals surface area contributed by atoms with Gasteiger partial charge in [0.2, 0.25) is 0 Å². The van der Waals surface area contributed by atoms with E-state index in [4.69, 9.17) is 26.1 Å². The van der Waals surface area contributed by atoms with E-state index < -0.39 is 115 Å². The quantitative estimate of drug-likeness (QED) is 0.698. The second kappa shape index (κ2) is 5.48. The van der Waals surface area contributed by atoms with Gasteiger partial charge >= 0.3 is 0 Å². The largest absolute Gasteiger partial charge is 0.310 e. The Kier molecular flexibility index (Phi) is 0.922. The molecule has 4 aliphatic rings. The third-order valence-electron chi connectivity index (χ3n) is 3.71. The summed E-state index contributed by atoms with van der Waals surface area (Å²) >= 11 is 0. The lowest BCUT2D eigenvalue weighted by atomic mass is 9.61. The summed E-state index contributed by atoms with van der Waals surface area (Å²) in [4.78, 5) is 0. The molecule has 2 saturated heterocycles. The van der Waals surface area contributed by atoms with Gasteiger partial charge in [0.1, 0.15) is 2.82 Å². The Balaban J connectivity index is 2.44. The van der Waals surface area contributed by atoms with Crippen LogP contribution in [0.3, 0.4) is 0 Å². The van der Waals surface area contributed by atoms with Crippen LogP contribution in [0.25, 0.3) is 0 Å². The van der Waals surface area contributed by atoms with Crippen LogP contribution in [0.4, 0.5) is 0 Å². The highest BCUT2D eigenvalue weighted by Gasteiger charge is 2.55. The Bertz CT molecular complexity index is 1420. The molecule has 7 unspecified atom stereocenters. The summed E-state index contributed by atoms with van der Waals surface area (Å²) in [5.41, 5.74) is -6.54. The van der Waals surface area contributed by atoms with E-state index in [-0.39, 0.29) is 0 Å². The fourth-order valence-corrected chi connectivity index (χ4v) is 2.48. The normalized spacial score (nSPS) is 109. The molecule has 0 amide bonds. The Morgan fingerprint density at radius 2 is 1.91 bits per heavy atom. The van der Waals surface area contributed by atoms with Gasteiger partial charge in [-0.25, -0.2) is 0 Å². The Labute approximate surface area is 173 Å². The van der Waals surface area contributed by atoms with Crippen molar-refractivity contribution in [1.82, 2.24) is 10.6 Å². The van der Waals surface area contributed by atoms with Gasteiger partial charge in [-0.15, -0.1) is 0 Å². The summed E-state index contributed by atoms with van der Waals surface area (Å²) in [6.07, 6.45) is -38.4. The highest BCUT2D eigenvalue weighted by atomic mass is 15.1. The van der Waals surface area contributed by atoms with Crippen molar-refractivity contribution in [3.63, 3.8) is 0 Å². The highest BCUT2D eigenvalue weighted by molar-refractivity contribution is 5.14. The molecule has 0 aromatic rings. The predicted octanol–water partition coefficient (Wildman–Crippen LogP) is 4.10. The zero-order valence-corrected chi connectivity index (χ0v) is 12.5. The average Bonchev–Trinajstić information content (AvgIpc) is 3.01. The number of hydrogen-bond acceptors (Lipinski definition) is 2. The monoisotopic (exact) mass is 330 g/mol. The minimum atomic E-state index is -4.83. The molecule has 2 aliphatic carbocycles. The van der Waals surface area contributed by atoms with Gasteiger partial charge in [0.05, 0.1) is 0 Å². The first-order valence-electron chi connectivity index (χ1n) is 19.9. The van der Waals surface area contributed by atoms with Gasteiger partial charge in [0.15, 0.2) is 0 Å². The van der Waals surface area contributed by atoms with Crippen molar-refractivity contribution in [2.24, 2.45) is 23.1 Å². The van der Waals surface area contributed by atoms with Gasteiger partial charge in [-0.2, -0.15) is 0 Å². The smallest absolute Gasteiger partial charge is 0.123 e. The number of nitrogens with one attached hydrogen (secondary N) is 2. The molecule has 0 aromatic heterocycles. The van der Waals surface area contributed by atoms with E-state index in [0.717, 1.165) is 20.8 Å². The van der Waals surface area contributed by atoms with E-state index in [9.17, 15) is 9.60 Å². The molecule has 0 bridgehead atoms. The first-order valence-corrected chi connectivity index (χ1v) is 6.97. The van der Waals surface area contributed by atoms with Crippen molar-refractivity contribution in [3.8, 4) is 0 Å². The van der Waals surface area contributed by atoms with Crippen molar-refractivity contribution < 1.29 is 35.7 Å². The molecular weight excluding hydrogens is 268 g/mol. The lowest BCUT2D eigenvalue weighted by Gasteiger charge is -2.52. The summed E-state index contributed by atoms with van der Waals surface area (Å²) < 4.78 is 232. The molecule has 2 heterocycles. The molecule has 0 aromatic carbocycles. The molecule has 2 heteroatoms.